The van der Waals surface area contributed by atoms with Crippen molar-refractivity contribution in [2.24, 2.45) is 40.4 Å². The highest BCUT2D eigenvalue weighted by molar-refractivity contribution is 5.92. The van der Waals surface area contributed by atoms with E-state index in [1.54, 1.807) is 0 Å². The van der Waals surface area contributed by atoms with Gasteiger partial charge in [0.05, 0.1) is 6.61 Å². The molecule has 0 saturated heterocycles. The normalized spacial score (nSPS) is 26.4. The zero-order chi connectivity index (χ0) is 55.7. The summed E-state index contributed by atoms with van der Waals surface area (Å²) in [6.07, 6.45) is 91.8. The molecule has 0 aromatic carbocycles. The van der Waals surface area contributed by atoms with E-state index in [1.807, 2.05) is 5.57 Å². The number of esters is 1. The van der Waals surface area contributed by atoms with Gasteiger partial charge in [-0.15, -0.1) is 0 Å². The summed E-state index contributed by atoms with van der Waals surface area (Å²) in [6, 6.07) is 0. The summed E-state index contributed by atoms with van der Waals surface area (Å²) in [7, 11) is 0. The quantitative estimate of drug-likeness (QED) is 0.170. The van der Waals surface area contributed by atoms with Crippen molar-refractivity contribution in [2.45, 2.75) is 431 Å². The molecule has 0 aromatic rings. The molecule has 0 atom stereocenters. The first kappa shape index (κ1) is 68.3. The summed E-state index contributed by atoms with van der Waals surface area (Å²) < 4.78 is 7.74. The Hall–Kier alpha value is -0.790. The number of hydrogen-bond donors (Lipinski definition) is 0. The van der Waals surface area contributed by atoms with Crippen LogP contribution in [0.3, 0.4) is 0 Å². The van der Waals surface area contributed by atoms with Gasteiger partial charge in [0.15, 0.2) is 0 Å². The van der Waals surface area contributed by atoms with Crippen LogP contribution in [0.15, 0.2) is 11.1 Å². The molecule has 80 heavy (non-hydrogen) atoms. The van der Waals surface area contributed by atoms with E-state index in [9.17, 15) is 0 Å². The molecule has 466 valence electrons. The Balaban J connectivity index is 1.70. The van der Waals surface area contributed by atoms with Crippen LogP contribution in [0, 0.1) is 40.4 Å². The molecule has 0 bridgehead atoms. The van der Waals surface area contributed by atoms with Crippen molar-refractivity contribution in [2.75, 3.05) is 6.61 Å². The first-order chi connectivity index (χ1) is 39.6. The van der Waals surface area contributed by atoms with Gasteiger partial charge in [0.1, 0.15) is 0 Å². The predicted molar refractivity (Wildman–Crippen MR) is 351 cm³/mol. The number of carbonyl (C=O) groups is 1. The molecule has 0 unspecified atom stereocenters. The SMILES string of the molecule is CC1(/C(=C(\C(=O)OCC2CCCCCCCCCCC2)C(C2CCCCCCCCCCC2)(C2CCCCCCCCCCC2)C2CCCCCCCCCCC2)C2CCCCCCCCCCC2)CCCCCCCCCCC1. The molecule has 6 fully saturated rings. The van der Waals surface area contributed by atoms with Crippen LogP contribution < -0.4 is 0 Å². The van der Waals surface area contributed by atoms with E-state index >= 15 is 4.79 Å². The maximum Gasteiger partial charge on any atom is 0.334 e. The van der Waals surface area contributed by atoms with E-state index in [1.165, 1.54) is 429 Å². The Morgan fingerprint density at radius 3 is 0.775 bits per heavy atom. The predicted octanol–water partition coefficient (Wildman–Crippen LogP) is 26.7. The first-order valence-electron chi connectivity index (χ1n) is 38.5. The van der Waals surface area contributed by atoms with E-state index < -0.39 is 0 Å². The third-order valence-corrected chi connectivity index (χ3v) is 23.5. The fourth-order valence-corrected chi connectivity index (χ4v) is 18.8. The van der Waals surface area contributed by atoms with Crippen molar-refractivity contribution in [3.63, 3.8) is 0 Å². The van der Waals surface area contributed by atoms with Gasteiger partial charge in [-0.2, -0.15) is 0 Å². The molecular weight excluding hydrogens is 969 g/mol. The van der Waals surface area contributed by atoms with Crippen LogP contribution in [-0.2, 0) is 9.53 Å². The second-order valence-corrected chi connectivity index (χ2v) is 30.0. The molecule has 6 aliphatic carbocycles. The van der Waals surface area contributed by atoms with Gasteiger partial charge >= 0.3 is 5.97 Å². The second-order valence-electron chi connectivity index (χ2n) is 30.0. The summed E-state index contributed by atoms with van der Waals surface area (Å²) in [5.41, 5.74) is 3.23. The van der Waals surface area contributed by atoms with Crippen LogP contribution in [-0.4, -0.2) is 12.6 Å². The molecule has 6 saturated carbocycles. The van der Waals surface area contributed by atoms with Crippen LogP contribution in [0.4, 0.5) is 0 Å². The highest BCUT2D eigenvalue weighted by atomic mass is 16.5. The van der Waals surface area contributed by atoms with Gasteiger partial charge in [0.25, 0.3) is 0 Å². The first-order valence-corrected chi connectivity index (χ1v) is 38.5. The van der Waals surface area contributed by atoms with Gasteiger partial charge in [0, 0.05) is 11.0 Å². The molecular formula is C78H142O2. The number of rotatable bonds is 9. The number of hydrogen-bond acceptors (Lipinski definition) is 2. The summed E-state index contributed by atoms with van der Waals surface area (Å²) >= 11 is 0. The van der Waals surface area contributed by atoms with E-state index in [0.29, 0.717) is 42.2 Å². The van der Waals surface area contributed by atoms with Gasteiger partial charge in [0.2, 0.25) is 0 Å². The zero-order valence-corrected chi connectivity index (χ0v) is 54.6. The fourth-order valence-electron chi connectivity index (χ4n) is 18.8. The van der Waals surface area contributed by atoms with Crippen molar-refractivity contribution >= 4 is 5.97 Å². The van der Waals surface area contributed by atoms with Crippen LogP contribution in [0.25, 0.3) is 0 Å². The summed E-state index contributed by atoms with van der Waals surface area (Å²) in [5.74, 6) is 3.07. The molecule has 0 N–H and O–H groups in total. The molecule has 0 amide bonds. The highest BCUT2D eigenvalue weighted by Gasteiger charge is 2.57. The van der Waals surface area contributed by atoms with E-state index in [4.69, 9.17) is 4.74 Å². The minimum atomic E-state index is -0.117. The molecule has 0 radical (unpaired) electrons. The fraction of sp³-hybridized carbons (Fsp3) is 0.962. The van der Waals surface area contributed by atoms with Crippen molar-refractivity contribution in [3.05, 3.63) is 11.1 Å². The van der Waals surface area contributed by atoms with Gasteiger partial charge in [-0.05, 0) is 112 Å². The van der Waals surface area contributed by atoms with Gasteiger partial charge in [-0.25, -0.2) is 4.79 Å². The average Bonchev–Trinajstić information content (AvgIpc) is 3.51. The standard InChI is InChI=1S/C78H142O2/c1-77(66-54-42-30-18-7-19-31-43-55-67-77)74(70-58-46-34-22-10-3-11-23-35-47-59-70)75(76(79)80-68-69-56-44-32-20-8-2-9-21-33-45-57-69)78(71-60-48-36-24-12-4-13-25-37-49-61-71,72-62-50-38-26-14-5-15-27-39-51-63-72)73-64-52-40-28-16-6-17-29-41-53-65-73/h69-73H,2-68H2,1H3/b75-74+. The Kier molecular flexibility index (Phi) is 37.4. The third-order valence-electron chi connectivity index (χ3n) is 23.5. The largest absolute Gasteiger partial charge is 0.462 e. The van der Waals surface area contributed by atoms with Gasteiger partial charge in [-0.3, -0.25) is 0 Å². The molecule has 6 rings (SSSR count). The maximum atomic E-state index is 17.8. The van der Waals surface area contributed by atoms with Crippen LogP contribution in [0.5, 0.6) is 0 Å². The molecule has 0 aromatic heterocycles. The van der Waals surface area contributed by atoms with Crippen LogP contribution in [0.2, 0.25) is 0 Å². The van der Waals surface area contributed by atoms with Gasteiger partial charge in [-0.1, -0.05) is 359 Å². The zero-order valence-electron chi connectivity index (χ0n) is 54.6. The summed E-state index contributed by atoms with van der Waals surface area (Å²) in [6.45, 7) is 3.56. The number of carbonyl (C=O) groups excluding carboxylic acids is 1. The van der Waals surface area contributed by atoms with Gasteiger partial charge < -0.3 is 4.74 Å². The molecule has 6 aliphatic rings. The lowest BCUT2D eigenvalue weighted by Crippen LogP contribution is -2.51. The minimum absolute atomic E-state index is 0.0376. The lowest BCUT2D eigenvalue weighted by Gasteiger charge is -2.56. The topological polar surface area (TPSA) is 26.3 Å². The summed E-state index contributed by atoms with van der Waals surface area (Å²) in [5, 5.41) is 0. The molecule has 2 heteroatoms. The molecule has 0 aliphatic heterocycles. The number of allylic oxidation sites excluding steroid dienone is 1. The lowest BCUT2D eigenvalue weighted by atomic mass is 9.47. The highest BCUT2D eigenvalue weighted by Crippen LogP contribution is 2.63. The maximum absolute atomic E-state index is 17.8. The van der Waals surface area contributed by atoms with Crippen molar-refractivity contribution in [3.8, 4) is 0 Å². The van der Waals surface area contributed by atoms with Crippen molar-refractivity contribution in [1.82, 2.24) is 0 Å². The van der Waals surface area contributed by atoms with E-state index in [2.05, 4.69) is 6.92 Å². The average molecular weight is 1110 g/mol. The van der Waals surface area contributed by atoms with Crippen LogP contribution >= 0.6 is 0 Å². The van der Waals surface area contributed by atoms with E-state index in [0.717, 1.165) is 0 Å². The molecule has 0 spiro atoms. The Morgan fingerprint density at radius 1 is 0.300 bits per heavy atom. The Bertz CT molecular complexity index is 1380. The number of ether oxygens (including phenoxy) is 1. The monoisotopic (exact) mass is 1110 g/mol. The molecule has 2 nitrogen and oxygen atoms in total. The van der Waals surface area contributed by atoms with Crippen LogP contribution in [0.1, 0.15) is 431 Å². The lowest BCUT2D eigenvalue weighted by molar-refractivity contribution is -0.145. The third kappa shape index (κ3) is 25.7. The van der Waals surface area contributed by atoms with Crippen molar-refractivity contribution < 1.29 is 9.53 Å². The smallest absolute Gasteiger partial charge is 0.334 e. The van der Waals surface area contributed by atoms with E-state index in [-0.39, 0.29) is 10.8 Å². The molecule has 0 heterocycles. The minimum Gasteiger partial charge on any atom is -0.462 e. The van der Waals surface area contributed by atoms with Crippen molar-refractivity contribution in [1.29, 1.82) is 0 Å². The Labute approximate surface area is 501 Å². The second kappa shape index (κ2) is 43.8. The Morgan fingerprint density at radius 2 is 0.512 bits per heavy atom. The summed E-state index contributed by atoms with van der Waals surface area (Å²) in [4.78, 5) is 17.8.